The van der Waals surface area contributed by atoms with Gasteiger partial charge in [-0.2, -0.15) is 0 Å². The lowest BCUT2D eigenvalue weighted by Gasteiger charge is -2.37. The first-order valence-electron chi connectivity index (χ1n) is 8.74. The number of amides is 1. The SMILES string of the molecule is COc1ccc(CN2CCN(C(=O)C3CCCCN3)CC2)cc1F.Cl.Cl. The molecule has 26 heavy (non-hydrogen) atoms. The fourth-order valence-electron chi connectivity index (χ4n) is 3.48. The van der Waals surface area contributed by atoms with E-state index >= 15 is 0 Å². The molecule has 0 bridgehead atoms. The molecule has 2 fully saturated rings. The summed E-state index contributed by atoms with van der Waals surface area (Å²) in [4.78, 5) is 16.7. The Labute approximate surface area is 167 Å². The molecule has 8 heteroatoms. The maximum Gasteiger partial charge on any atom is 0.239 e. The number of piperazine rings is 1. The first-order valence-corrected chi connectivity index (χ1v) is 8.74. The molecule has 1 aromatic rings. The molecule has 1 aromatic carbocycles. The van der Waals surface area contributed by atoms with Crippen LogP contribution in [-0.4, -0.2) is 61.6 Å². The molecule has 2 aliphatic rings. The molecule has 3 rings (SSSR count). The average Bonchev–Trinajstić information content (AvgIpc) is 2.63. The molecular formula is C18H28Cl2FN3O2. The lowest BCUT2D eigenvalue weighted by Crippen LogP contribution is -2.54. The van der Waals surface area contributed by atoms with Gasteiger partial charge >= 0.3 is 0 Å². The molecule has 1 atom stereocenters. The maximum atomic E-state index is 13.8. The first kappa shape index (κ1) is 23.0. The van der Waals surface area contributed by atoms with E-state index in [1.54, 1.807) is 6.07 Å². The third-order valence-corrected chi connectivity index (χ3v) is 4.91. The van der Waals surface area contributed by atoms with E-state index in [0.29, 0.717) is 6.54 Å². The summed E-state index contributed by atoms with van der Waals surface area (Å²) >= 11 is 0. The van der Waals surface area contributed by atoms with Crippen molar-refractivity contribution in [2.24, 2.45) is 0 Å². The highest BCUT2D eigenvalue weighted by atomic mass is 35.5. The van der Waals surface area contributed by atoms with Gasteiger partial charge in [0.2, 0.25) is 5.91 Å². The van der Waals surface area contributed by atoms with Crippen molar-refractivity contribution < 1.29 is 13.9 Å². The molecule has 148 valence electrons. The number of piperidine rings is 1. The minimum absolute atomic E-state index is 0. The topological polar surface area (TPSA) is 44.8 Å². The second-order valence-electron chi connectivity index (χ2n) is 6.57. The zero-order chi connectivity index (χ0) is 16.9. The Morgan fingerprint density at radius 3 is 2.54 bits per heavy atom. The molecule has 2 aliphatic heterocycles. The van der Waals surface area contributed by atoms with Gasteiger partial charge in [0, 0.05) is 32.7 Å². The largest absolute Gasteiger partial charge is 0.494 e. The van der Waals surface area contributed by atoms with Crippen LogP contribution < -0.4 is 10.1 Å². The fourth-order valence-corrected chi connectivity index (χ4v) is 3.48. The van der Waals surface area contributed by atoms with Crippen LogP contribution in [0.1, 0.15) is 24.8 Å². The summed E-state index contributed by atoms with van der Waals surface area (Å²) in [6, 6.07) is 5.09. The molecule has 0 radical (unpaired) electrons. The molecule has 1 amide bonds. The predicted molar refractivity (Wildman–Crippen MR) is 105 cm³/mol. The van der Waals surface area contributed by atoms with Crippen LogP contribution in [0.4, 0.5) is 4.39 Å². The van der Waals surface area contributed by atoms with E-state index in [9.17, 15) is 9.18 Å². The van der Waals surface area contributed by atoms with Crippen molar-refractivity contribution in [2.75, 3.05) is 39.8 Å². The maximum absolute atomic E-state index is 13.8. The van der Waals surface area contributed by atoms with Crippen LogP contribution in [0.25, 0.3) is 0 Å². The molecule has 0 aliphatic carbocycles. The van der Waals surface area contributed by atoms with Crippen molar-refractivity contribution in [1.29, 1.82) is 0 Å². The lowest BCUT2D eigenvalue weighted by molar-refractivity contribution is -0.135. The Morgan fingerprint density at radius 2 is 1.96 bits per heavy atom. The van der Waals surface area contributed by atoms with Gasteiger partial charge in [-0.05, 0) is 37.1 Å². The summed E-state index contributed by atoms with van der Waals surface area (Å²) in [6.07, 6.45) is 3.24. The second-order valence-corrected chi connectivity index (χ2v) is 6.57. The molecule has 0 spiro atoms. The van der Waals surface area contributed by atoms with Crippen LogP contribution in [0.3, 0.4) is 0 Å². The van der Waals surface area contributed by atoms with Gasteiger partial charge in [0.15, 0.2) is 11.6 Å². The van der Waals surface area contributed by atoms with Crippen LogP contribution in [0, 0.1) is 5.82 Å². The van der Waals surface area contributed by atoms with Gasteiger partial charge in [-0.1, -0.05) is 12.5 Å². The van der Waals surface area contributed by atoms with Crippen molar-refractivity contribution in [3.05, 3.63) is 29.6 Å². The van der Waals surface area contributed by atoms with E-state index < -0.39 is 0 Å². The van der Waals surface area contributed by atoms with E-state index in [0.717, 1.165) is 57.5 Å². The first-order chi connectivity index (χ1) is 11.7. The third kappa shape index (κ3) is 5.71. The zero-order valence-electron chi connectivity index (χ0n) is 15.1. The van der Waals surface area contributed by atoms with Gasteiger partial charge in [0.1, 0.15) is 0 Å². The summed E-state index contributed by atoms with van der Waals surface area (Å²) < 4.78 is 18.7. The number of methoxy groups -OCH3 is 1. The van der Waals surface area contributed by atoms with Gasteiger partial charge in [0.05, 0.1) is 13.2 Å². The summed E-state index contributed by atoms with van der Waals surface area (Å²) in [5.41, 5.74) is 0.932. The lowest BCUT2D eigenvalue weighted by atomic mass is 10.0. The van der Waals surface area contributed by atoms with Crippen molar-refractivity contribution in [2.45, 2.75) is 31.8 Å². The Kier molecular flexibility index (Phi) is 9.64. The number of nitrogens with zero attached hydrogens (tertiary/aromatic N) is 2. The number of nitrogens with one attached hydrogen (secondary N) is 1. The Morgan fingerprint density at radius 1 is 1.23 bits per heavy atom. The number of ether oxygens (including phenoxy) is 1. The fraction of sp³-hybridized carbons (Fsp3) is 0.611. The number of hydrogen-bond donors (Lipinski definition) is 1. The van der Waals surface area contributed by atoms with E-state index in [2.05, 4.69) is 10.2 Å². The molecular weight excluding hydrogens is 380 g/mol. The summed E-state index contributed by atoms with van der Waals surface area (Å²) in [5.74, 6) is 0.186. The zero-order valence-corrected chi connectivity index (χ0v) is 16.7. The van der Waals surface area contributed by atoms with Crippen LogP contribution in [0.15, 0.2) is 18.2 Å². The standard InChI is InChI=1S/C18H26FN3O2.2ClH/c1-24-17-6-5-14(12-15(17)19)13-21-8-10-22(11-9-21)18(23)16-4-2-3-7-20-16;;/h5-6,12,16,20H,2-4,7-11,13H2,1H3;2*1H. The van der Waals surface area contributed by atoms with Crippen LogP contribution >= 0.6 is 24.8 Å². The third-order valence-electron chi connectivity index (χ3n) is 4.91. The number of halogens is 3. The molecule has 0 aromatic heterocycles. The monoisotopic (exact) mass is 407 g/mol. The number of benzene rings is 1. The minimum atomic E-state index is -0.327. The van der Waals surface area contributed by atoms with E-state index in [1.165, 1.54) is 13.2 Å². The molecule has 5 nitrogen and oxygen atoms in total. The number of carbonyl (C=O) groups is 1. The Hall–Kier alpha value is -1.08. The molecule has 1 N–H and O–H groups in total. The Balaban J connectivity index is 0.00000169. The van der Waals surface area contributed by atoms with E-state index in [1.807, 2.05) is 11.0 Å². The summed E-state index contributed by atoms with van der Waals surface area (Å²) in [6.45, 7) is 4.79. The average molecular weight is 408 g/mol. The smallest absolute Gasteiger partial charge is 0.239 e. The van der Waals surface area contributed by atoms with Crippen LogP contribution in [0.2, 0.25) is 0 Å². The van der Waals surface area contributed by atoms with Crippen molar-refractivity contribution in [3.63, 3.8) is 0 Å². The number of hydrogen-bond acceptors (Lipinski definition) is 4. The van der Waals surface area contributed by atoms with Gasteiger partial charge in [-0.15, -0.1) is 24.8 Å². The Bertz CT molecular complexity index is 578. The predicted octanol–water partition coefficient (Wildman–Crippen LogP) is 2.46. The molecule has 2 heterocycles. The molecule has 1 unspecified atom stereocenters. The second kappa shape index (κ2) is 10.9. The summed E-state index contributed by atoms with van der Waals surface area (Å²) in [7, 11) is 1.47. The number of carbonyl (C=O) groups excluding carboxylic acids is 1. The molecule has 2 saturated heterocycles. The van der Waals surface area contributed by atoms with Gasteiger partial charge in [0.25, 0.3) is 0 Å². The van der Waals surface area contributed by atoms with Crippen molar-refractivity contribution >= 4 is 30.7 Å². The highest BCUT2D eigenvalue weighted by molar-refractivity contribution is 5.85. The summed E-state index contributed by atoms with van der Waals surface area (Å²) in [5, 5.41) is 3.33. The minimum Gasteiger partial charge on any atom is -0.494 e. The van der Waals surface area contributed by atoms with Crippen molar-refractivity contribution in [3.8, 4) is 5.75 Å². The van der Waals surface area contributed by atoms with E-state index in [4.69, 9.17) is 4.74 Å². The van der Waals surface area contributed by atoms with Crippen LogP contribution in [-0.2, 0) is 11.3 Å². The highest BCUT2D eigenvalue weighted by Crippen LogP contribution is 2.19. The number of rotatable bonds is 4. The van der Waals surface area contributed by atoms with Crippen LogP contribution in [0.5, 0.6) is 5.75 Å². The van der Waals surface area contributed by atoms with Gasteiger partial charge in [-0.3, -0.25) is 9.69 Å². The highest BCUT2D eigenvalue weighted by Gasteiger charge is 2.28. The van der Waals surface area contributed by atoms with E-state index in [-0.39, 0.29) is 48.3 Å². The quantitative estimate of drug-likeness (QED) is 0.832. The normalized spacial score (nSPS) is 20.7. The van der Waals surface area contributed by atoms with Crippen molar-refractivity contribution in [1.82, 2.24) is 15.1 Å². The van der Waals surface area contributed by atoms with Gasteiger partial charge < -0.3 is 15.0 Å². The molecule has 0 saturated carbocycles. The van der Waals surface area contributed by atoms with Gasteiger partial charge in [-0.25, -0.2) is 4.39 Å².